The van der Waals surface area contributed by atoms with E-state index >= 15 is 0 Å². The Bertz CT molecular complexity index is 2470. The van der Waals surface area contributed by atoms with Crippen LogP contribution in [0.5, 0.6) is 11.5 Å². The molecule has 2 aromatic heterocycles. The predicted molar refractivity (Wildman–Crippen MR) is 254 cm³/mol. The number of nitrogens with one attached hydrogen (secondary N) is 1. The number of fused-ring (bicyclic) bond motifs is 1. The van der Waals surface area contributed by atoms with E-state index in [-0.39, 0.29) is 56.7 Å². The van der Waals surface area contributed by atoms with Gasteiger partial charge in [-0.3, -0.25) is 9.36 Å². The molecule has 5 unspecified atom stereocenters. The summed E-state index contributed by atoms with van der Waals surface area (Å²) in [5.74, 6) is 1.26. The SMILES string of the molecule is COCCOC1C(OP(OCCC#N)N(C(C)C)C(C)C)C(COC(c2ccccc2)(c2ccc(OC)cc2)c2ccc(OC)cc2)OC1n1cnc2c(NC(=O)c3ccccc3)ncnc21. The van der Waals surface area contributed by atoms with Crippen molar-refractivity contribution >= 4 is 31.4 Å². The van der Waals surface area contributed by atoms with Gasteiger partial charge in [0.05, 0.1) is 59.5 Å². The molecule has 1 fully saturated rings. The molecule has 4 aromatic carbocycles. The van der Waals surface area contributed by atoms with Crippen molar-refractivity contribution in [1.29, 1.82) is 5.26 Å². The summed E-state index contributed by atoms with van der Waals surface area (Å²) in [6.07, 6.45) is -0.246. The maximum Gasteiger partial charge on any atom is 0.259 e. The van der Waals surface area contributed by atoms with E-state index in [0.717, 1.165) is 16.7 Å². The average molecular weight is 932 g/mol. The van der Waals surface area contributed by atoms with Crippen LogP contribution in [0, 0.1) is 11.3 Å². The lowest BCUT2D eigenvalue weighted by atomic mass is 9.80. The first kappa shape index (κ1) is 49.1. The summed E-state index contributed by atoms with van der Waals surface area (Å²) >= 11 is 0. The molecule has 3 heterocycles. The number of hydrogen-bond donors (Lipinski definition) is 1. The van der Waals surface area contributed by atoms with Gasteiger partial charge < -0.3 is 42.8 Å². The smallest absolute Gasteiger partial charge is 0.259 e. The van der Waals surface area contributed by atoms with E-state index < -0.39 is 38.7 Å². The first-order chi connectivity index (χ1) is 32.6. The number of ether oxygens (including phenoxy) is 6. The second-order valence-electron chi connectivity index (χ2n) is 16.2. The number of methoxy groups -OCH3 is 3. The van der Waals surface area contributed by atoms with Crippen LogP contribution in [-0.4, -0.2) is 108 Å². The maximum atomic E-state index is 13.3. The van der Waals surface area contributed by atoms with Gasteiger partial charge in [0, 0.05) is 24.8 Å². The second kappa shape index (κ2) is 23.2. The zero-order chi connectivity index (χ0) is 47.3. The van der Waals surface area contributed by atoms with E-state index in [2.05, 4.69) is 53.7 Å². The van der Waals surface area contributed by atoms with Crippen LogP contribution < -0.4 is 14.8 Å². The first-order valence-corrected chi connectivity index (χ1v) is 23.3. The Hall–Kier alpha value is -5.86. The van der Waals surface area contributed by atoms with E-state index in [0.29, 0.717) is 28.2 Å². The van der Waals surface area contributed by atoms with E-state index in [1.54, 1.807) is 56.5 Å². The van der Waals surface area contributed by atoms with Crippen LogP contribution in [0.25, 0.3) is 11.2 Å². The van der Waals surface area contributed by atoms with Gasteiger partial charge in [0.25, 0.3) is 14.4 Å². The summed E-state index contributed by atoms with van der Waals surface area (Å²) in [4.78, 5) is 27.1. The molecule has 0 spiro atoms. The summed E-state index contributed by atoms with van der Waals surface area (Å²) in [6, 6.07) is 36.7. The zero-order valence-corrected chi connectivity index (χ0v) is 39.7. The lowest BCUT2D eigenvalue weighted by Gasteiger charge is -2.39. The number of carbonyl (C=O) groups excluding carboxylic acids is 1. The molecule has 1 saturated heterocycles. The molecule has 5 atom stereocenters. The lowest BCUT2D eigenvalue weighted by molar-refractivity contribution is -0.0966. The third-order valence-electron chi connectivity index (χ3n) is 11.3. The van der Waals surface area contributed by atoms with Crippen LogP contribution in [0.2, 0.25) is 0 Å². The highest BCUT2D eigenvalue weighted by atomic mass is 31.2. The minimum Gasteiger partial charge on any atom is -0.497 e. The van der Waals surface area contributed by atoms with Gasteiger partial charge in [-0.15, -0.1) is 0 Å². The third kappa shape index (κ3) is 11.1. The lowest BCUT2D eigenvalue weighted by Crippen LogP contribution is -2.43. The van der Waals surface area contributed by atoms with Crippen LogP contribution in [-0.2, 0) is 33.6 Å². The topological polar surface area (TPSA) is 174 Å². The molecule has 0 radical (unpaired) electrons. The first-order valence-electron chi connectivity index (χ1n) is 22.2. The number of anilines is 1. The van der Waals surface area contributed by atoms with Crippen molar-refractivity contribution in [2.45, 2.75) is 76.3 Å². The Kier molecular flexibility index (Phi) is 17.0. The van der Waals surface area contributed by atoms with Gasteiger partial charge in [0.1, 0.15) is 41.7 Å². The molecule has 0 bridgehead atoms. The molecule has 7 rings (SSSR count). The molecule has 352 valence electrons. The molecular weight excluding hydrogens is 874 g/mol. The molecule has 1 aliphatic heterocycles. The summed E-state index contributed by atoms with van der Waals surface area (Å²) in [5, 5.41) is 12.5. The molecule has 1 aliphatic rings. The zero-order valence-electron chi connectivity index (χ0n) is 38.9. The van der Waals surface area contributed by atoms with Crippen LogP contribution in [0.3, 0.4) is 0 Å². The summed E-state index contributed by atoms with van der Waals surface area (Å²) in [6.45, 7) is 8.91. The Morgan fingerprint density at radius 1 is 0.806 bits per heavy atom. The van der Waals surface area contributed by atoms with Gasteiger partial charge >= 0.3 is 0 Å². The number of carbonyl (C=O) groups is 1. The average Bonchev–Trinajstić information content (AvgIpc) is 3.94. The monoisotopic (exact) mass is 931 g/mol. The van der Waals surface area contributed by atoms with Crippen molar-refractivity contribution in [1.82, 2.24) is 24.2 Å². The molecule has 1 N–H and O–H groups in total. The molecule has 16 nitrogen and oxygen atoms in total. The second-order valence-corrected chi connectivity index (χ2v) is 17.6. The van der Waals surface area contributed by atoms with Gasteiger partial charge in [-0.1, -0.05) is 72.8 Å². The third-order valence-corrected chi connectivity index (χ3v) is 13.4. The van der Waals surface area contributed by atoms with Gasteiger partial charge in [0.2, 0.25) is 0 Å². The number of nitrogens with zero attached hydrogens (tertiary/aromatic N) is 6. The van der Waals surface area contributed by atoms with Crippen LogP contribution in [0.4, 0.5) is 5.82 Å². The number of amides is 1. The Morgan fingerprint density at radius 2 is 1.42 bits per heavy atom. The predicted octanol–water partition coefficient (Wildman–Crippen LogP) is 8.69. The van der Waals surface area contributed by atoms with Crippen LogP contribution >= 0.6 is 8.53 Å². The minimum atomic E-state index is -1.82. The van der Waals surface area contributed by atoms with Gasteiger partial charge in [-0.2, -0.15) is 5.26 Å². The number of aromatic nitrogens is 4. The number of imidazole rings is 1. The van der Waals surface area contributed by atoms with Crippen molar-refractivity contribution in [2.24, 2.45) is 0 Å². The molecule has 6 aromatic rings. The van der Waals surface area contributed by atoms with Crippen molar-refractivity contribution in [3.8, 4) is 17.6 Å². The fourth-order valence-corrected chi connectivity index (χ4v) is 9.99. The Morgan fingerprint density at radius 3 is 2.00 bits per heavy atom. The number of rotatable bonds is 23. The normalized spacial score (nSPS) is 17.8. The Balaban J connectivity index is 1.36. The van der Waals surface area contributed by atoms with Crippen LogP contribution in [0.1, 0.15) is 67.4 Å². The molecule has 1 amide bonds. The molecule has 67 heavy (non-hydrogen) atoms. The van der Waals surface area contributed by atoms with Crippen molar-refractivity contribution in [3.05, 3.63) is 144 Å². The highest BCUT2D eigenvalue weighted by Crippen LogP contribution is 2.51. The number of benzene rings is 4. The summed E-state index contributed by atoms with van der Waals surface area (Å²) in [5.41, 5.74) is 2.52. The van der Waals surface area contributed by atoms with Crippen molar-refractivity contribution < 1.29 is 42.3 Å². The largest absolute Gasteiger partial charge is 0.497 e. The van der Waals surface area contributed by atoms with Gasteiger partial charge in [-0.25, -0.2) is 19.6 Å². The fraction of sp³-hybridized carbons (Fsp3) is 0.380. The number of hydrogen-bond acceptors (Lipinski definition) is 14. The van der Waals surface area contributed by atoms with Gasteiger partial charge in [0.15, 0.2) is 23.2 Å². The highest BCUT2D eigenvalue weighted by molar-refractivity contribution is 7.44. The van der Waals surface area contributed by atoms with Gasteiger partial charge in [-0.05, 0) is 80.8 Å². The van der Waals surface area contributed by atoms with Crippen molar-refractivity contribution in [2.75, 3.05) is 53.1 Å². The molecule has 17 heteroatoms. The van der Waals surface area contributed by atoms with E-state index in [9.17, 15) is 10.1 Å². The minimum absolute atomic E-state index is 0.00330. The summed E-state index contributed by atoms with van der Waals surface area (Å²) < 4.78 is 55.7. The van der Waals surface area contributed by atoms with Crippen LogP contribution in [0.15, 0.2) is 122 Å². The Labute approximate surface area is 393 Å². The van der Waals surface area contributed by atoms with Crippen molar-refractivity contribution in [3.63, 3.8) is 0 Å². The van der Waals surface area contributed by atoms with E-state index in [1.165, 1.54) is 6.33 Å². The molecule has 0 saturated carbocycles. The molecular formula is C50H58N7O9P. The number of nitriles is 1. The summed E-state index contributed by atoms with van der Waals surface area (Å²) in [7, 11) is 3.05. The molecule has 0 aliphatic carbocycles. The highest BCUT2D eigenvalue weighted by Gasteiger charge is 2.52. The standard InChI is InChI=1S/C50H58N7O9P/c1-34(2)57(35(3)4)67(64-28-14-27-51)66-44-42(31-63-50(37-17-12-9-13-18-37,38-19-23-40(60-6)24-20-38)39-21-25-41(61-7)26-22-39)65-49(45(44)62-30-29-59-5)56-33-54-43-46(52-32-53-47(43)56)55-48(58)36-15-10-8-11-16-36/h8-13,15-26,32-35,42,44-45,49H,14,28-31H2,1-7H3,(H,52,53,55,58). The maximum absolute atomic E-state index is 13.3. The van der Waals surface area contributed by atoms with E-state index in [1.807, 2.05) is 84.9 Å². The fourth-order valence-electron chi connectivity index (χ4n) is 8.22. The van der Waals surface area contributed by atoms with E-state index in [4.69, 9.17) is 42.5 Å². The quantitative estimate of drug-likeness (QED) is 0.0367.